The Kier molecular flexibility index (Phi) is 6.66. The van der Waals surface area contributed by atoms with E-state index in [-0.39, 0.29) is 40.0 Å². The van der Waals surface area contributed by atoms with E-state index < -0.39 is 15.8 Å². The van der Waals surface area contributed by atoms with E-state index in [0.29, 0.717) is 32.7 Å². The van der Waals surface area contributed by atoms with Gasteiger partial charge in [-0.05, 0) is 42.0 Å². The number of allylic oxidation sites excluding steroid dienone is 2. The van der Waals surface area contributed by atoms with Crippen LogP contribution in [0.5, 0.6) is 11.5 Å². The molecule has 2 heterocycles. The average Bonchev–Trinajstić information content (AvgIpc) is 3.41. The van der Waals surface area contributed by atoms with Gasteiger partial charge in [0.05, 0.1) is 4.90 Å². The van der Waals surface area contributed by atoms with Crippen molar-refractivity contribution >= 4 is 37.5 Å². The molecule has 200 valence electrons. The molecule has 1 fully saturated rings. The summed E-state index contributed by atoms with van der Waals surface area (Å²) in [5.41, 5.74) is 1.40. The summed E-state index contributed by atoms with van der Waals surface area (Å²) in [4.78, 5) is 31.3. The monoisotopic (exact) mass is 609 g/mol. The first-order chi connectivity index (χ1) is 18.8. The number of carbonyl (C=O) groups excluding carboxylic acids is 2. The molecule has 39 heavy (non-hydrogen) atoms. The number of piperazine rings is 1. The Morgan fingerprint density at radius 2 is 1.49 bits per heavy atom. The van der Waals surface area contributed by atoms with Crippen LogP contribution in [0.1, 0.15) is 26.3 Å². The minimum atomic E-state index is -4.12. The van der Waals surface area contributed by atoms with Gasteiger partial charge in [-0.3, -0.25) is 19.2 Å². The van der Waals surface area contributed by atoms with Gasteiger partial charge in [0, 0.05) is 48.3 Å². The summed E-state index contributed by atoms with van der Waals surface area (Å²) in [7, 11) is -4.12. The van der Waals surface area contributed by atoms with E-state index in [1.54, 1.807) is 36.4 Å². The lowest BCUT2D eigenvalue weighted by atomic mass is 9.89. The van der Waals surface area contributed by atoms with Crippen molar-refractivity contribution in [2.45, 2.75) is 11.4 Å². The first kappa shape index (κ1) is 25.6. The van der Waals surface area contributed by atoms with Crippen LogP contribution in [0.3, 0.4) is 0 Å². The van der Waals surface area contributed by atoms with Crippen molar-refractivity contribution in [3.8, 4) is 11.5 Å². The van der Waals surface area contributed by atoms with Crippen LogP contribution < -0.4 is 14.2 Å². The third-order valence-electron chi connectivity index (χ3n) is 6.99. The van der Waals surface area contributed by atoms with Crippen LogP contribution in [0, 0.1) is 0 Å². The van der Waals surface area contributed by atoms with E-state index in [1.807, 2.05) is 23.1 Å². The normalized spacial score (nSPS) is 17.4. The van der Waals surface area contributed by atoms with E-state index in [0.717, 1.165) is 21.5 Å². The number of ether oxygens (including phenoxy) is 2. The van der Waals surface area contributed by atoms with E-state index in [4.69, 9.17) is 9.47 Å². The molecule has 0 spiro atoms. The maximum Gasteiger partial charge on any atom is 0.262 e. The second kappa shape index (κ2) is 10.1. The standard InChI is InChI=1S/C28H24BrN3O6S/c29-19-6-8-20(9-7-19)39(35,36)30-25-26(28(34)22-4-2-1-3-21(22)27(25)33)32-13-11-31(12-14-32)16-18-5-10-23-24(15-18)38-17-37-23/h1-10,15,30H,11-14,16-17H2. The fourth-order valence-electron chi connectivity index (χ4n) is 4.99. The quantitative estimate of drug-likeness (QED) is 0.452. The molecule has 3 aromatic rings. The maximum atomic E-state index is 13.7. The summed E-state index contributed by atoms with van der Waals surface area (Å²) in [6, 6.07) is 18.4. The molecule has 0 radical (unpaired) electrons. The fraction of sp³-hybridized carbons (Fsp3) is 0.214. The summed E-state index contributed by atoms with van der Waals surface area (Å²) >= 11 is 3.30. The summed E-state index contributed by atoms with van der Waals surface area (Å²) in [6.07, 6.45) is 0. The number of fused-ring (bicyclic) bond motifs is 2. The highest BCUT2D eigenvalue weighted by molar-refractivity contribution is 9.10. The molecule has 3 aromatic carbocycles. The van der Waals surface area contributed by atoms with Crippen LogP contribution in [-0.2, 0) is 16.6 Å². The molecule has 3 aliphatic rings. The fourth-order valence-corrected chi connectivity index (χ4v) is 6.33. The molecule has 11 heteroatoms. The molecule has 1 saturated heterocycles. The molecule has 0 amide bonds. The van der Waals surface area contributed by atoms with Crippen LogP contribution in [0.4, 0.5) is 0 Å². The van der Waals surface area contributed by atoms with Crippen molar-refractivity contribution < 1.29 is 27.5 Å². The number of halogens is 1. The lowest BCUT2D eigenvalue weighted by molar-refractivity contribution is 0.0897. The second-order valence-corrected chi connectivity index (χ2v) is 12.0. The minimum Gasteiger partial charge on any atom is -0.454 e. The Hall–Kier alpha value is -3.67. The van der Waals surface area contributed by atoms with E-state index in [9.17, 15) is 18.0 Å². The number of nitrogens with one attached hydrogen (secondary N) is 1. The van der Waals surface area contributed by atoms with Gasteiger partial charge in [0.25, 0.3) is 10.0 Å². The number of hydrogen-bond acceptors (Lipinski definition) is 8. The van der Waals surface area contributed by atoms with Crippen molar-refractivity contribution in [1.29, 1.82) is 0 Å². The van der Waals surface area contributed by atoms with E-state index in [2.05, 4.69) is 25.6 Å². The summed E-state index contributed by atoms with van der Waals surface area (Å²) < 4.78 is 40.6. The number of carbonyl (C=O) groups is 2. The molecular formula is C28H24BrN3O6S. The Morgan fingerprint density at radius 1 is 0.821 bits per heavy atom. The van der Waals surface area contributed by atoms with Gasteiger partial charge in [0.1, 0.15) is 11.4 Å². The smallest absolute Gasteiger partial charge is 0.262 e. The average molecular weight is 610 g/mol. The lowest BCUT2D eigenvalue weighted by Crippen LogP contribution is -2.49. The van der Waals surface area contributed by atoms with Gasteiger partial charge >= 0.3 is 0 Å². The van der Waals surface area contributed by atoms with Gasteiger partial charge in [0.2, 0.25) is 18.4 Å². The zero-order chi connectivity index (χ0) is 27.1. The Labute approximate surface area is 234 Å². The van der Waals surface area contributed by atoms with Gasteiger partial charge < -0.3 is 14.4 Å². The van der Waals surface area contributed by atoms with Crippen molar-refractivity contribution in [2.24, 2.45) is 0 Å². The molecular weight excluding hydrogens is 586 g/mol. The predicted octanol–water partition coefficient (Wildman–Crippen LogP) is 3.56. The zero-order valence-corrected chi connectivity index (χ0v) is 23.1. The van der Waals surface area contributed by atoms with E-state index in [1.165, 1.54) is 12.1 Å². The highest BCUT2D eigenvalue weighted by Crippen LogP contribution is 2.33. The highest BCUT2D eigenvalue weighted by Gasteiger charge is 2.38. The van der Waals surface area contributed by atoms with Crippen LogP contribution in [-0.4, -0.2) is 62.8 Å². The van der Waals surface area contributed by atoms with Crippen molar-refractivity contribution in [3.05, 3.63) is 99.3 Å². The van der Waals surface area contributed by atoms with E-state index >= 15 is 0 Å². The lowest BCUT2D eigenvalue weighted by Gasteiger charge is -2.38. The van der Waals surface area contributed by atoms with Crippen molar-refractivity contribution in [3.63, 3.8) is 0 Å². The van der Waals surface area contributed by atoms with Gasteiger partial charge in [0.15, 0.2) is 11.5 Å². The largest absolute Gasteiger partial charge is 0.454 e. The molecule has 0 bridgehead atoms. The minimum absolute atomic E-state index is 0.00907. The van der Waals surface area contributed by atoms with Crippen LogP contribution in [0.25, 0.3) is 0 Å². The van der Waals surface area contributed by atoms with Gasteiger partial charge in [-0.1, -0.05) is 46.3 Å². The molecule has 2 aliphatic heterocycles. The van der Waals surface area contributed by atoms with Crippen molar-refractivity contribution in [2.75, 3.05) is 33.0 Å². The third kappa shape index (κ3) is 4.93. The SMILES string of the molecule is O=C1C(NS(=O)(=O)c2ccc(Br)cc2)=C(N2CCN(Cc3ccc4c(c3)OCO4)CC2)C(=O)c2ccccc21. The summed E-state index contributed by atoms with van der Waals surface area (Å²) in [6.45, 7) is 3.04. The number of nitrogens with zero attached hydrogens (tertiary/aromatic N) is 2. The van der Waals surface area contributed by atoms with Gasteiger partial charge in [-0.15, -0.1) is 0 Å². The summed E-state index contributed by atoms with van der Waals surface area (Å²) in [5.74, 6) is 0.560. The molecule has 1 N–H and O–H groups in total. The first-order valence-corrected chi connectivity index (χ1v) is 14.6. The molecule has 6 rings (SSSR count). The van der Waals surface area contributed by atoms with Crippen molar-refractivity contribution in [1.82, 2.24) is 14.5 Å². The topological polar surface area (TPSA) is 105 Å². The number of hydrogen-bond donors (Lipinski definition) is 1. The molecule has 9 nitrogen and oxygen atoms in total. The van der Waals surface area contributed by atoms with Crippen LogP contribution in [0.2, 0.25) is 0 Å². The van der Waals surface area contributed by atoms with Gasteiger partial charge in [-0.2, -0.15) is 0 Å². The first-order valence-electron chi connectivity index (χ1n) is 12.4. The summed E-state index contributed by atoms with van der Waals surface area (Å²) in [5, 5.41) is 0. The molecule has 0 atom stereocenters. The Morgan fingerprint density at radius 3 is 2.21 bits per heavy atom. The molecule has 0 saturated carbocycles. The Balaban J connectivity index is 1.27. The van der Waals surface area contributed by atoms with Crippen LogP contribution >= 0.6 is 15.9 Å². The maximum absolute atomic E-state index is 13.7. The molecule has 0 unspecified atom stereocenters. The van der Waals surface area contributed by atoms with Crippen LogP contribution in [0.15, 0.2) is 87.5 Å². The zero-order valence-electron chi connectivity index (χ0n) is 20.7. The second-order valence-electron chi connectivity index (χ2n) is 9.44. The predicted molar refractivity (Wildman–Crippen MR) is 146 cm³/mol. The Bertz CT molecular complexity index is 1610. The number of ketones is 2. The number of Topliss-reactive ketones (excluding diaryl/α,β-unsaturated/α-hetero) is 2. The molecule has 0 aromatic heterocycles. The number of benzene rings is 3. The third-order valence-corrected chi connectivity index (χ3v) is 8.88. The molecule has 1 aliphatic carbocycles. The number of rotatable bonds is 6. The number of sulfonamides is 1. The van der Waals surface area contributed by atoms with Gasteiger partial charge in [-0.25, -0.2) is 8.42 Å². The highest BCUT2D eigenvalue weighted by atomic mass is 79.9.